The summed E-state index contributed by atoms with van der Waals surface area (Å²) in [5, 5.41) is 42.3. The molecule has 80 heavy (non-hydrogen) atoms. The molecule has 10 aromatic rings. The van der Waals surface area contributed by atoms with Gasteiger partial charge >= 0.3 is 37.4 Å². The van der Waals surface area contributed by atoms with Crippen molar-refractivity contribution >= 4 is 46.3 Å². The molecule has 21 heteroatoms. The Labute approximate surface area is 473 Å². The van der Waals surface area contributed by atoms with Gasteiger partial charge in [-0.1, -0.05) is 30.3 Å². The fourth-order valence-corrected chi connectivity index (χ4v) is 8.83. The van der Waals surface area contributed by atoms with E-state index in [9.17, 15) is 19.5 Å². The molecule has 6 heterocycles. The maximum Gasteiger partial charge on any atom is 2.00 e. The monoisotopic (exact) mass is 1180 g/mol. The Hall–Kier alpha value is -10.2. The van der Waals surface area contributed by atoms with E-state index < -0.39 is 23.0 Å². The van der Waals surface area contributed by atoms with Gasteiger partial charge in [0.2, 0.25) is 0 Å². The molecule has 0 atom stereocenters. The number of benzene rings is 4. The molecular weight excluding hydrogens is 1130 g/mol. The molecular formula is C59H43N7O12RuS. The second-order valence-electron chi connectivity index (χ2n) is 16.5. The number of aromatic nitrogens is 5. The number of nitrogens with zero attached hydrogens (tertiary/aromatic N) is 7. The van der Waals surface area contributed by atoms with E-state index in [4.69, 9.17) is 44.7 Å². The Morgan fingerprint density at radius 1 is 0.487 bits per heavy atom. The van der Waals surface area contributed by atoms with Crippen LogP contribution in [-0.2, 0) is 19.5 Å². The number of anilines is 3. The molecule has 10 rings (SSSR count). The number of methoxy groups -OCH3 is 3. The number of aromatic carboxylic acids is 3. The summed E-state index contributed by atoms with van der Waals surface area (Å²) in [6.07, 6.45) is 4.34. The zero-order chi connectivity index (χ0) is 56.0. The largest absolute Gasteiger partial charge is 2.00 e. The zero-order valence-electron chi connectivity index (χ0n) is 42.3. The van der Waals surface area contributed by atoms with E-state index in [2.05, 4.69) is 104 Å². The van der Waals surface area contributed by atoms with Crippen LogP contribution >= 0.6 is 11.3 Å². The second kappa shape index (κ2) is 26.7. The van der Waals surface area contributed by atoms with Gasteiger partial charge in [0.05, 0.1) is 77.3 Å². The zero-order valence-corrected chi connectivity index (χ0v) is 44.9. The number of carboxylic acid groups (broad SMARTS) is 3. The van der Waals surface area contributed by atoms with E-state index in [0.29, 0.717) is 5.75 Å². The predicted molar refractivity (Wildman–Crippen MR) is 297 cm³/mol. The Morgan fingerprint density at radius 3 is 1.41 bits per heavy atom. The van der Waals surface area contributed by atoms with Crippen LogP contribution in [0.2, 0.25) is 0 Å². The molecule has 0 bridgehead atoms. The quantitative estimate of drug-likeness (QED) is 0.0372. The van der Waals surface area contributed by atoms with Crippen LogP contribution in [0.1, 0.15) is 31.1 Å². The molecule has 3 N–H and O–H groups in total. The molecule has 0 aliphatic carbocycles. The smallest absolute Gasteiger partial charge is 0.516 e. The van der Waals surface area contributed by atoms with Gasteiger partial charge in [-0.25, -0.2) is 19.4 Å². The van der Waals surface area contributed by atoms with E-state index in [-0.39, 0.29) is 58.9 Å². The molecule has 19 nitrogen and oxygen atoms in total. The summed E-state index contributed by atoms with van der Waals surface area (Å²) in [5.74, 6) is -1.27. The van der Waals surface area contributed by atoms with Crippen molar-refractivity contribution in [3.63, 3.8) is 0 Å². The molecule has 0 saturated carbocycles. The van der Waals surface area contributed by atoms with E-state index >= 15 is 0 Å². The summed E-state index contributed by atoms with van der Waals surface area (Å²) >= 11 is 1.75. The normalized spacial score (nSPS) is 10.3. The first-order valence-corrected chi connectivity index (χ1v) is 24.3. The Kier molecular flexibility index (Phi) is 19.2. The van der Waals surface area contributed by atoms with Crippen molar-refractivity contribution in [2.75, 3.05) is 26.2 Å². The molecule has 0 aliphatic rings. The minimum Gasteiger partial charge on any atom is -0.516 e. The van der Waals surface area contributed by atoms with Crippen molar-refractivity contribution in [3.05, 3.63) is 227 Å². The first-order chi connectivity index (χ1) is 38.2. The van der Waals surface area contributed by atoms with Crippen LogP contribution in [0.4, 0.5) is 17.1 Å². The molecule has 4 aromatic carbocycles. The molecule has 0 fully saturated rings. The van der Waals surface area contributed by atoms with Crippen molar-refractivity contribution < 1.29 is 68.5 Å². The van der Waals surface area contributed by atoms with Crippen LogP contribution in [0, 0.1) is 21.4 Å². The Bertz CT molecular complexity index is 3670. The summed E-state index contributed by atoms with van der Waals surface area (Å²) in [6, 6.07) is 56.0. The molecule has 6 aromatic heterocycles. The standard InChI is InChI=1S/C41H32N3O3S.C18H11N3O6.NO3.Ru/c1-45-34-18-14-32(15-19-34)44(33-16-20-35(46-2)21-17-33)31-12-10-28(11-13-31)40-22-23-41(48-40)30-26-38(29-7-6-8-36(25-29)47-3)43-39(27-30)37-9-4-5-24-42-37;22-16(23)9-1-3-19-12(5-9)14-7-11(18(26)27)8-15(21-14)13-6-10(17(24)25)2-4-20-13;2-1(3)4;/h4-24,26-27H,1-3H3;1-8H,(H,22,23)(H,24,25)(H,26,27);;/q-1;;-1;+2. The second-order valence-corrected chi connectivity index (χ2v) is 17.6. The number of hydrogen-bond acceptors (Lipinski definition) is 16. The van der Waals surface area contributed by atoms with Crippen LogP contribution in [0.5, 0.6) is 17.2 Å². The maximum atomic E-state index is 11.5. The molecule has 0 aliphatic heterocycles. The average Bonchev–Trinajstić information content (AvgIpc) is 3.99. The minimum absolute atomic E-state index is 0. The van der Waals surface area contributed by atoms with Crippen molar-refractivity contribution in [3.8, 4) is 83.6 Å². The number of rotatable bonds is 15. The molecule has 0 amide bonds. The van der Waals surface area contributed by atoms with Gasteiger partial charge in [0.15, 0.2) is 0 Å². The molecule has 0 unspecified atom stereocenters. The van der Waals surface area contributed by atoms with Gasteiger partial charge in [-0.05, 0) is 144 Å². The van der Waals surface area contributed by atoms with Crippen LogP contribution in [0.3, 0.4) is 0 Å². The van der Waals surface area contributed by atoms with Crippen molar-refractivity contribution in [1.29, 1.82) is 0 Å². The minimum atomic E-state index is -1.75. The number of thiophene rings is 1. The van der Waals surface area contributed by atoms with Crippen LogP contribution in [0.15, 0.2) is 188 Å². The average molecular weight is 1180 g/mol. The summed E-state index contributed by atoms with van der Waals surface area (Å²) in [7, 11) is 5.00. The fourth-order valence-electron chi connectivity index (χ4n) is 7.83. The Morgan fingerprint density at radius 2 is 0.938 bits per heavy atom. The van der Waals surface area contributed by atoms with Gasteiger partial charge < -0.3 is 49.8 Å². The first kappa shape index (κ1) is 57.5. The third-order valence-electron chi connectivity index (χ3n) is 11.6. The molecule has 0 saturated heterocycles. The first-order valence-electron chi connectivity index (χ1n) is 23.5. The van der Waals surface area contributed by atoms with Crippen molar-refractivity contribution in [1.82, 2.24) is 24.9 Å². The van der Waals surface area contributed by atoms with Gasteiger partial charge in [-0.15, -0.1) is 35.1 Å². The summed E-state index contributed by atoms with van der Waals surface area (Å²) in [5.41, 5.74) is 8.95. The Balaban J connectivity index is 0.000000244. The number of carbonyl (C=O) groups is 3. The number of pyridine rings is 5. The summed E-state index contributed by atoms with van der Waals surface area (Å²) in [4.78, 5) is 68.4. The maximum absolute atomic E-state index is 11.5. The van der Waals surface area contributed by atoms with E-state index in [1.54, 1.807) is 38.9 Å². The number of hydrogen-bond donors (Lipinski definition) is 3. The van der Waals surface area contributed by atoms with Crippen LogP contribution in [0.25, 0.3) is 66.3 Å². The summed E-state index contributed by atoms with van der Waals surface area (Å²) in [6.45, 7) is 0. The molecule has 0 radical (unpaired) electrons. The van der Waals surface area contributed by atoms with Gasteiger partial charge in [0, 0.05) is 51.2 Å². The number of carboxylic acids is 3. The van der Waals surface area contributed by atoms with E-state index in [0.717, 1.165) is 67.2 Å². The van der Waals surface area contributed by atoms with E-state index in [1.165, 1.54) is 53.7 Å². The van der Waals surface area contributed by atoms with E-state index in [1.807, 2.05) is 60.7 Å². The number of ether oxygens (including phenoxy) is 3. The van der Waals surface area contributed by atoms with Crippen LogP contribution in [-0.4, -0.2) is 84.6 Å². The van der Waals surface area contributed by atoms with Crippen molar-refractivity contribution in [2.24, 2.45) is 0 Å². The third kappa shape index (κ3) is 14.4. The van der Waals surface area contributed by atoms with Gasteiger partial charge in [0.25, 0.3) is 0 Å². The summed E-state index contributed by atoms with van der Waals surface area (Å²) < 4.78 is 16.3. The van der Waals surface area contributed by atoms with Gasteiger partial charge in [-0.2, -0.15) is 0 Å². The van der Waals surface area contributed by atoms with Gasteiger partial charge in [-0.3, -0.25) is 19.9 Å². The molecule has 400 valence electrons. The molecule has 0 spiro atoms. The topological polar surface area (TPSA) is 273 Å². The van der Waals surface area contributed by atoms with Crippen LogP contribution < -0.4 is 19.1 Å². The van der Waals surface area contributed by atoms with Crippen molar-refractivity contribution in [2.45, 2.75) is 0 Å². The predicted octanol–water partition coefficient (Wildman–Crippen LogP) is 12.6. The fraction of sp³-hybridized carbons (Fsp3) is 0.0508. The third-order valence-corrected chi connectivity index (χ3v) is 12.8. The van der Waals surface area contributed by atoms with Gasteiger partial charge in [0.1, 0.15) is 11.5 Å². The SMILES string of the molecule is COc1[c-]c(-c2cc(-c3ccc(-c4ccc(N(c5ccc(OC)cc5)c5ccc(OC)cc5)cc4)s3)cc(-c3ccccn3)n2)ccc1.O=C(O)c1ccnc(-c2cc(C(=O)O)cc(-c3cc(C(=O)O)ccn3)n2)c1.O=[N+]([O-])[O-].[Ru+2].